The molecule has 2 aliphatic rings. The Balaban J connectivity index is 1.88. The predicted molar refractivity (Wildman–Crippen MR) is 70.8 cm³/mol. The number of carbonyl (C=O) groups excluding carboxylic acids is 2. The fourth-order valence-electron chi connectivity index (χ4n) is 3.10. The summed E-state index contributed by atoms with van der Waals surface area (Å²) in [6.07, 6.45) is 5.18. The van der Waals surface area contributed by atoms with Gasteiger partial charge in [0, 0.05) is 12.1 Å². The Morgan fingerprint density at radius 1 is 1.32 bits per heavy atom. The number of nitrogens with zero attached hydrogens (tertiary/aromatic N) is 1. The summed E-state index contributed by atoms with van der Waals surface area (Å²) < 4.78 is 4.43. The molecular formula is C13H23N3O3. The number of rotatable bonds is 3. The minimum absolute atomic E-state index is 0.276. The van der Waals surface area contributed by atoms with Gasteiger partial charge in [-0.2, -0.15) is 0 Å². The Kier molecular flexibility index (Phi) is 5.15. The van der Waals surface area contributed by atoms with E-state index >= 15 is 0 Å². The van der Waals surface area contributed by atoms with Crippen LogP contribution < -0.4 is 10.6 Å². The van der Waals surface area contributed by atoms with Gasteiger partial charge in [0.2, 0.25) is 5.91 Å². The van der Waals surface area contributed by atoms with E-state index in [0.29, 0.717) is 12.1 Å². The number of methoxy groups -OCH3 is 1. The van der Waals surface area contributed by atoms with E-state index < -0.39 is 6.09 Å². The molecule has 2 rings (SSSR count). The summed E-state index contributed by atoms with van der Waals surface area (Å²) in [6, 6.07) is 0.908. The van der Waals surface area contributed by atoms with Crippen LogP contribution in [-0.2, 0) is 9.53 Å². The van der Waals surface area contributed by atoms with Crippen molar-refractivity contribution in [2.24, 2.45) is 0 Å². The Bertz CT molecular complexity index is 329. The zero-order chi connectivity index (χ0) is 13.7. The van der Waals surface area contributed by atoms with E-state index in [1.807, 2.05) is 0 Å². The minimum Gasteiger partial charge on any atom is -0.453 e. The van der Waals surface area contributed by atoms with Gasteiger partial charge in [-0.3, -0.25) is 15.0 Å². The van der Waals surface area contributed by atoms with Crippen molar-refractivity contribution < 1.29 is 14.3 Å². The van der Waals surface area contributed by atoms with Crippen LogP contribution in [-0.4, -0.2) is 55.7 Å². The maximum absolute atomic E-state index is 11.8. The largest absolute Gasteiger partial charge is 0.453 e. The molecule has 0 aromatic carbocycles. The minimum atomic E-state index is -0.683. The second kappa shape index (κ2) is 6.86. The van der Waals surface area contributed by atoms with Crippen LogP contribution in [0.3, 0.4) is 0 Å². The van der Waals surface area contributed by atoms with E-state index in [0.717, 1.165) is 25.9 Å². The van der Waals surface area contributed by atoms with Crippen LogP contribution >= 0.6 is 0 Å². The van der Waals surface area contributed by atoms with Gasteiger partial charge in [-0.15, -0.1) is 0 Å². The van der Waals surface area contributed by atoms with E-state index in [1.54, 1.807) is 0 Å². The molecule has 19 heavy (non-hydrogen) atoms. The Morgan fingerprint density at radius 3 is 2.84 bits per heavy atom. The molecule has 2 N–H and O–H groups in total. The maximum atomic E-state index is 11.8. The molecule has 2 saturated heterocycles. The molecule has 2 amide bonds. The first-order valence-electron chi connectivity index (χ1n) is 7.06. The van der Waals surface area contributed by atoms with Crippen molar-refractivity contribution in [3.8, 4) is 0 Å². The monoisotopic (exact) mass is 269 g/mol. The van der Waals surface area contributed by atoms with Crippen molar-refractivity contribution in [1.29, 1.82) is 0 Å². The number of hydrogen-bond donors (Lipinski definition) is 2. The summed E-state index contributed by atoms with van der Waals surface area (Å²) in [5, 5.41) is 5.74. The summed E-state index contributed by atoms with van der Waals surface area (Å²) in [5.41, 5.74) is 0. The van der Waals surface area contributed by atoms with E-state index in [9.17, 15) is 9.59 Å². The summed E-state index contributed by atoms with van der Waals surface area (Å²) in [7, 11) is 1.26. The number of nitrogens with one attached hydrogen (secondary N) is 2. The number of amides is 2. The van der Waals surface area contributed by atoms with Crippen LogP contribution in [0.5, 0.6) is 0 Å². The molecule has 0 spiro atoms. The van der Waals surface area contributed by atoms with Crippen LogP contribution in [0, 0.1) is 0 Å². The first-order valence-corrected chi connectivity index (χ1v) is 7.06. The molecule has 0 aromatic heterocycles. The number of ether oxygens (including phenoxy) is 1. The molecule has 0 aliphatic carbocycles. The van der Waals surface area contributed by atoms with Crippen LogP contribution in [0.4, 0.5) is 4.79 Å². The first kappa shape index (κ1) is 14.3. The second-order valence-corrected chi connectivity index (χ2v) is 5.28. The van der Waals surface area contributed by atoms with Crippen molar-refractivity contribution in [1.82, 2.24) is 15.5 Å². The summed E-state index contributed by atoms with van der Waals surface area (Å²) in [6.45, 7) is 2.28. The van der Waals surface area contributed by atoms with Gasteiger partial charge in [0.25, 0.3) is 0 Å². The number of piperidine rings is 1. The Hall–Kier alpha value is -1.14. The predicted octanol–water partition coefficient (Wildman–Crippen LogP) is 0.475. The fourth-order valence-corrected chi connectivity index (χ4v) is 3.10. The third-order valence-electron chi connectivity index (χ3n) is 4.00. The standard InChI is InChI=1S/C13H23N3O3/c1-19-13(18)15-12(17)9-16-8-3-2-6-11(16)10-5-4-7-14-10/h10-11,14H,2-9H2,1H3,(H,15,17,18). The molecular weight excluding hydrogens is 246 g/mol. The molecule has 0 saturated carbocycles. The molecule has 0 aromatic rings. The summed E-state index contributed by atoms with van der Waals surface area (Å²) in [4.78, 5) is 25.0. The van der Waals surface area contributed by atoms with Crippen LogP contribution in [0.1, 0.15) is 32.1 Å². The highest BCUT2D eigenvalue weighted by Crippen LogP contribution is 2.23. The van der Waals surface area contributed by atoms with Crippen molar-refractivity contribution in [2.45, 2.75) is 44.2 Å². The Morgan fingerprint density at radius 2 is 2.16 bits per heavy atom. The van der Waals surface area contributed by atoms with Crippen molar-refractivity contribution in [2.75, 3.05) is 26.7 Å². The molecule has 0 bridgehead atoms. The van der Waals surface area contributed by atoms with Crippen LogP contribution in [0.25, 0.3) is 0 Å². The van der Waals surface area contributed by atoms with Gasteiger partial charge in [-0.1, -0.05) is 6.42 Å². The number of carbonyl (C=O) groups is 2. The highest BCUT2D eigenvalue weighted by Gasteiger charge is 2.32. The van der Waals surface area contributed by atoms with Crippen molar-refractivity contribution in [3.63, 3.8) is 0 Å². The van der Waals surface area contributed by atoms with Crippen molar-refractivity contribution in [3.05, 3.63) is 0 Å². The smallest absolute Gasteiger partial charge is 0.413 e. The number of imide groups is 1. The summed E-state index contributed by atoms with van der Waals surface area (Å²) >= 11 is 0. The average molecular weight is 269 g/mol. The topological polar surface area (TPSA) is 70.7 Å². The average Bonchev–Trinajstić information content (AvgIpc) is 2.93. The van der Waals surface area contributed by atoms with E-state index in [1.165, 1.54) is 26.4 Å². The molecule has 6 nitrogen and oxygen atoms in total. The lowest BCUT2D eigenvalue weighted by Crippen LogP contribution is -2.53. The van der Waals surface area contributed by atoms with E-state index in [4.69, 9.17) is 0 Å². The molecule has 6 heteroatoms. The Labute approximate surface area is 113 Å². The van der Waals surface area contributed by atoms with Gasteiger partial charge in [-0.25, -0.2) is 4.79 Å². The highest BCUT2D eigenvalue weighted by atomic mass is 16.5. The normalized spacial score (nSPS) is 28.1. The quantitative estimate of drug-likeness (QED) is 0.779. The number of likely N-dealkylation sites (tertiary alicyclic amines) is 1. The molecule has 108 valence electrons. The van der Waals surface area contributed by atoms with Crippen molar-refractivity contribution >= 4 is 12.0 Å². The third kappa shape index (κ3) is 3.91. The maximum Gasteiger partial charge on any atom is 0.413 e. The van der Waals surface area contributed by atoms with E-state index in [-0.39, 0.29) is 12.5 Å². The number of alkyl carbamates (subject to hydrolysis) is 1. The lowest BCUT2D eigenvalue weighted by Gasteiger charge is -2.38. The van der Waals surface area contributed by atoms with E-state index in [2.05, 4.69) is 20.3 Å². The van der Waals surface area contributed by atoms with Crippen LogP contribution in [0.2, 0.25) is 0 Å². The van der Waals surface area contributed by atoms with Gasteiger partial charge in [0.15, 0.2) is 0 Å². The molecule has 2 fully saturated rings. The molecule has 2 aliphatic heterocycles. The lowest BCUT2D eigenvalue weighted by molar-refractivity contribution is -0.122. The first-order chi connectivity index (χ1) is 9.20. The fraction of sp³-hybridized carbons (Fsp3) is 0.846. The zero-order valence-corrected chi connectivity index (χ0v) is 11.5. The molecule has 2 atom stereocenters. The van der Waals surface area contributed by atoms with Gasteiger partial charge in [0.1, 0.15) is 0 Å². The SMILES string of the molecule is COC(=O)NC(=O)CN1CCCCC1C1CCCN1. The zero-order valence-electron chi connectivity index (χ0n) is 11.5. The molecule has 2 unspecified atom stereocenters. The third-order valence-corrected chi connectivity index (χ3v) is 4.00. The highest BCUT2D eigenvalue weighted by molar-refractivity contribution is 5.92. The van der Waals surface area contributed by atoms with Crippen LogP contribution in [0.15, 0.2) is 0 Å². The lowest BCUT2D eigenvalue weighted by atomic mass is 9.94. The van der Waals surface area contributed by atoms with Gasteiger partial charge < -0.3 is 10.1 Å². The van der Waals surface area contributed by atoms with Gasteiger partial charge >= 0.3 is 6.09 Å². The number of hydrogen-bond acceptors (Lipinski definition) is 5. The summed E-state index contributed by atoms with van der Waals surface area (Å²) in [5.74, 6) is -0.281. The van der Waals surface area contributed by atoms with Gasteiger partial charge in [-0.05, 0) is 38.8 Å². The van der Waals surface area contributed by atoms with Gasteiger partial charge in [0.05, 0.1) is 13.7 Å². The second-order valence-electron chi connectivity index (χ2n) is 5.28. The molecule has 0 radical (unpaired) electrons. The molecule has 2 heterocycles.